The molecule has 3 rings (SSSR count). The van der Waals surface area contributed by atoms with Gasteiger partial charge in [-0.1, -0.05) is 36.4 Å². The molecule has 4 heteroatoms. The van der Waals surface area contributed by atoms with Crippen molar-refractivity contribution in [2.75, 3.05) is 13.1 Å². The molecule has 1 aliphatic heterocycles. The zero-order valence-corrected chi connectivity index (χ0v) is 14.6. The summed E-state index contributed by atoms with van der Waals surface area (Å²) in [6, 6.07) is 14.1. The van der Waals surface area contributed by atoms with Crippen LogP contribution in [0.25, 0.3) is 0 Å². The molecule has 4 nitrogen and oxygen atoms in total. The molecule has 25 heavy (non-hydrogen) atoms. The Bertz CT molecular complexity index is 734. The molecule has 0 bridgehead atoms. The van der Waals surface area contributed by atoms with Gasteiger partial charge in [-0.2, -0.15) is 0 Å². The number of aliphatic hydroxyl groups is 1. The highest BCUT2D eigenvalue weighted by Crippen LogP contribution is 2.33. The second-order valence-corrected chi connectivity index (χ2v) is 6.81. The summed E-state index contributed by atoms with van der Waals surface area (Å²) >= 11 is 0. The monoisotopic (exact) mass is 339 g/mol. The highest BCUT2D eigenvalue weighted by atomic mass is 16.4. The molecule has 0 atom stereocenters. The lowest BCUT2D eigenvalue weighted by molar-refractivity contribution is 0.0693. The molecule has 1 aliphatic rings. The third-order valence-corrected chi connectivity index (χ3v) is 5.31. The van der Waals surface area contributed by atoms with Gasteiger partial charge in [0.2, 0.25) is 0 Å². The first-order valence-electron chi connectivity index (χ1n) is 8.83. The minimum atomic E-state index is -0.976. The summed E-state index contributed by atoms with van der Waals surface area (Å²) in [5.74, 6) is -0.545. The van der Waals surface area contributed by atoms with Crippen molar-refractivity contribution in [2.45, 2.75) is 38.8 Å². The Hall–Kier alpha value is -2.17. The average molecular weight is 339 g/mol. The highest BCUT2D eigenvalue weighted by Gasteiger charge is 2.24. The zero-order valence-electron chi connectivity index (χ0n) is 14.6. The molecule has 0 amide bonds. The summed E-state index contributed by atoms with van der Waals surface area (Å²) in [4.78, 5) is 13.8. The minimum Gasteiger partial charge on any atom is -0.478 e. The van der Waals surface area contributed by atoms with Gasteiger partial charge < -0.3 is 10.2 Å². The average Bonchev–Trinajstić information content (AvgIpc) is 2.63. The third kappa shape index (κ3) is 3.91. The predicted molar refractivity (Wildman–Crippen MR) is 97.8 cm³/mol. The van der Waals surface area contributed by atoms with Gasteiger partial charge in [0.1, 0.15) is 0 Å². The molecule has 1 saturated heterocycles. The van der Waals surface area contributed by atoms with Gasteiger partial charge in [0.15, 0.2) is 0 Å². The van der Waals surface area contributed by atoms with E-state index in [2.05, 4.69) is 29.2 Å². The van der Waals surface area contributed by atoms with E-state index in [0.717, 1.165) is 38.0 Å². The molecule has 0 aliphatic carbocycles. The van der Waals surface area contributed by atoms with E-state index < -0.39 is 5.97 Å². The largest absolute Gasteiger partial charge is 0.478 e. The Morgan fingerprint density at radius 1 is 1.12 bits per heavy atom. The first kappa shape index (κ1) is 17.6. The first-order valence-corrected chi connectivity index (χ1v) is 8.83. The van der Waals surface area contributed by atoms with Crippen molar-refractivity contribution in [2.24, 2.45) is 0 Å². The van der Waals surface area contributed by atoms with Gasteiger partial charge in [0.25, 0.3) is 0 Å². The SMILES string of the molecule is Cc1c(C2CCN(Cc3ccccc3)CC2)ccc(C(=O)O)c1CO. The van der Waals surface area contributed by atoms with Gasteiger partial charge in [-0.3, -0.25) is 4.90 Å². The zero-order chi connectivity index (χ0) is 17.8. The number of benzene rings is 2. The van der Waals surface area contributed by atoms with Gasteiger partial charge in [-0.25, -0.2) is 4.79 Å². The quantitative estimate of drug-likeness (QED) is 0.874. The van der Waals surface area contributed by atoms with Gasteiger partial charge in [-0.15, -0.1) is 0 Å². The molecular weight excluding hydrogens is 314 g/mol. The standard InChI is InChI=1S/C21H25NO3/c1-15-18(7-8-19(21(24)25)20(15)14-23)17-9-11-22(12-10-17)13-16-5-3-2-4-6-16/h2-8,17,23H,9-14H2,1H3,(H,24,25). The summed E-state index contributed by atoms with van der Waals surface area (Å²) in [7, 11) is 0. The predicted octanol–water partition coefficient (Wildman–Crippen LogP) is 3.57. The van der Waals surface area contributed by atoms with Crippen LogP contribution in [0.1, 0.15) is 51.4 Å². The normalized spacial score (nSPS) is 16.1. The van der Waals surface area contributed by atoms with Crippen molar-refractivity contribution in [1.29, 1.82) is 0 Å². The maximum absolute atomic E-state index is 11.3. The summed E-state index contributed by atoms with van der Waals surface area (Å²) in [6.07, 6.45) is 2.12. The number of carboxylic acid groups (broad SMARTS) is 1. The van der Waals surface area contributed by atoms with Crippen LogP contribution in [0.2, 0.25) is 0 Å². The summed E-state index contributed by atoms with van der Waals surface area (Å²) in [5.41, 5.74) is 4.23. The Labute approximate surface area is 148 Å². The fraction of sp³-hybridized carbons (Fsp3) is 0.381. The van der Waals surface area contributed by atoms with Crippen LogP contribution in [0.5, 0.6) is 0 Å². The number of aliphatic hydroxyl groups excluding tert-OH is 1. The van der Waals surface area contributed by atoms with Gasteiger partial charge in [0, 0.05) is 6.54 Å². The molecule has 0 saturated carbocycles. The molecule has 1 fully saturated rings. The lowest BCUT2D eigenvalue weighted by Gasteiger charge is -2.33. The van der Waals surface area contributed by atoms with E-state index in [9.17, 15) is 15.0 Å². The van der Waals surface area contributed by atoms with Crippen molar-refractivity contribution in [3.63, 3.8) is 0 Å². The van der Waals surface area contributed by atoms with Crippen LogP contribution in [0.15, 0.2) is 42.5 Å². The number of nitrogens with zero attached hydrogens (tertiary/aromatic N) is 1. The van der Waals surface area contributed by atoms with E-state index in [0.29, 0.717) is 11.5 Å². The third-order valence-electron chi connectivity index (χ3n) is 5.31. The van der Waals surface area contributed by atoms with E-state index in [-0.39, 0.29) is 12.2 Å². The minimum absolute atomic E-state index is 0.213. The number of rotatable bonds is 5. The van der Waals surface area contributed by atoms with E-state index >= 15 is 0 Å². The molecular formula is C21H25NO3. The Balaban J connectivity index is 1.70. The van der Waals surface area contributed by atoms with Crippen molar-refractivity contribution in [3.8, 4) is 0 Å². The molecule has 132 valence electrons. The molecule has 1 heterocycles. The summed E-state index contributed by atoms with van der Waals surface area (Å²) < 4.78 is 0. The molecule has 0 radical (unpaired) electrons. The number of hydrogen-bond donors (Lipinski definition) is 2. The molecule has 0 aromatic heterocycles. The van der Waals surface area contributed by atoms with Crippen LogP contribution in [-0.2, 0) is 13.2 Å². The number of carbonyl (C=O) groups is 1. The summed E-state index contributed by atoms with van der Waals surface area (Å²) in [6.45, 7) is 4.76. The fourth-order valence-corrected chi connectivity index (χ4v) is 3.87. The Morgan fingerprint density at radius 2 is 1.80 bits per heavy atom. The molecule has 0 spiro atoms. The smallest absolute Gasteiger partial charge is 0.336 e. The van der Waals surface area contributed by atoms with Crippen LogP contribution < -0.4 is 0 Å². The van der Waals surface area contributed by atoms with E-state index in [1.54, 1.807) is 6.07 Å². The van der Waals surface area contributed by atoms with Crippen molar-refractivity contribution >= 4 is 5.97 Å². The molecule has 0 unspecified atom stereocenters. The summed E-state index contributed by atoms with van der Waals surface area (Å²) in [5, 5.41) is 18.9. The van der Waals surface area contributed by atoms with E-state index in [1.807, 2.05) is 19.1 Å². The van der Waals surface area contributed by atoms with Gasteiger partial charge >= 0.3 is 5.97 Å². The second-order valence-electron chi connectivity index (χ2n) is 6.81. The lowest BCUT2D eigenvalue weighted by atomic mass is 9.84. The van der Waals surface area contributed by atoms with Crippen LogP contribution in [0.4, 0.5) is 0 Å². The highest BCUT2D eigenvalue weighted by molar-refractivity contribution is 5.90. The second kappa shape index (κ2) is 7.81. The number of aromatic carboxylic acids is 1. The number of carboxylic acids is 1. The maximum atomic E-state index is 11.3. The first-order chi connectivity index (χ1) is 12.1. The Morgan fingerprint density at radius 3 is 2.40 bits per heavy atom. The number of hydrogen-bond acceptors (Lipinski definition) is 3. The van der Waals surface area contributed by atoms with E-state index in [4.69, 9.17) is 0 Å². The molecule has 2 N–H and O–H groups in total. The molecule has 2 aromatic carbocycles. The van der Waals surface area contributed by atoms with Crippen molar-refractivity contribution in [1.82, 2.24) is 4.90 Å². The van der Waals surface area contributed by atoms with E-state index in [1.165, 1.54) is 11.1 Å². The topological polar surface area (TPSA) is 60.8 Å². The van der Waals surface area contributed by atoms with Crippen molar-refractivity contribution < 1.29 is 15.0 Å². The maximum Gasteiger partial charge on any atom is 0.336 e. The number of likely N-dealkylation sites (tertiary alicyclic amines) is 1. The van der Waals surface area contributed by atoms with Crippen LogP contribution >= 0.6 is 0 Å². The Kier molecular flexibility index (Phi) is 5.51. The number of piperidine rings is 1. The van der Waals surface area contributed by atoms with Gasteiger partial charge in [0.05, 0.1) is 12.2 Å². The van der Waals surface area contributed by atoms with Crippen LogP contribution in [-0.4, -0.2) is 34.2 Å². The van der Waals surface area contributed by atoms with Gasteiger partial charge in [-0.05, 0) is 67.1 Å². The lowest BCUT2D eigenvalue weighted by Crippen LogP contribution is -2.32. The fourth-order valence-electron chi connectivity index (χ4n) is 3.87. The molecule has 2 aromatic rings. The van der Waals surface area contributed by atoms with Crippen LogP contribution in [0.3, 0.4) is 0 Å². The van der Waals surface area contributed by atoms with Crippen molar-refractivity contribution in [3.05, 3.63) is 70.3 Å². The van der Waals surface area contributed by atoms with Crippen LogP contribution in [0, 0.1) is 6.92 Å².